The van der Waals surface area contributed by atoms with Gasteiger partial charge in [-0.2, -0.15) is 10.5 Å². The van der Waals surface area contributed by atoms with Gasteiger partial charge in [0.1, 0.15) is 0 Å². The minimum atomic E-state index is 0.590. The second-order valence-corrected chi connectivity index (χ2v) is 14.1. The van der Waals surface area contributed by atoms with Crippen LogP contribution >= 0.6 is 0 Å². The lowest BCUT2D eigenvalue weighted by molar-refractivity contribution is 1.15. The van der Waals surface area contributed by atoms with Crippen molar-refractivity contribution in [1.82, 2.24) is 13.7 Å². The Hall–Kier alpha value is -7.86. The van der Waals surface area contributed by atoms with E-state index < -0.39 is 0 Å². The molecule has 0 bridgehead atoms. The highest BCUT2D eigenvalue weighted by atomic mass is 15.0. The van der Waals surface area contributed by atoms with Crippen molar-refractivity contribution >= 4 is 65.4 Å². The first kappa shape index (κ1) is 30.7. The maximum absolute atomic E-state index is 10.4. The fourth-order valence-electron chi connectivity index (χ4n) is 8.69. The molecule has 0 saturated heterocycles. The number of rotatable bonds is 4. The Balaban J connectivity index is 1.13. The van der Waals surface area contributed by atoms with Gasteiger partial charge in [0.2, 0.25) is 0 Å². The molecule has 11 aromatic rings. The zero-order valence-corrected chi connectivity index (χ0v) is 29.5. The number of nitriles is 2. The summed E-state index contributed by atoms with van der Waals surface area (Å²) in [5.41, 5.74) is 12.8. The van der Waals surface area contributed by atoms with Crippen LogP contribution in [-0.2, 0) is 0 Å². The quantitative estimate of drug-likeness (QED) is 0.184. The molecule has 55 heavy (non-hydrogen) atoms. The molecule has 0 unspecified atom stereocenters. The van der Waals surface area contributed by atoms with Crippen LogP contribution in [0.2, 0.25) is 0 Å². The monoisotopic (exact) mass is 699 g/mol. The minimum Gasteiger partial charge on any atom is -0.309 e. The molecule has 0 aliphatic carbocycles. The zero-order valence-electron chi connectivity index (χ0n) is 29.5. The zero-order chi connectivity index (χ0) is 36.6. The third-order valence-corrected chi connectivity index (χ3v) is 11.0. The van der Waals surface area contributed by atoms with Gasteiger partial charge in [0.15, 0.2) is 0 Å². The van der Waals surface area contributed by atoms with E-state index in [2.05, 4.69) is 165 Å². The molecule has 3 heterocycles. The number of para-hydroxylation sites is 4. The molecular weight excluding hydrogens is 671 g/mol. The third kappa shape index (κ3) is 4.58. The fourth-order valence-corrected chi connectivity index (χ4v) is 8.69. The van der Waals surface area contributed by atoms with Gasteiger partial charge in [-0.25, -0.2) is 0 Å². The minimum absolute atomic E-state index is 0.590. The van der Waals surface area contributed by atoms with E-state index in [1.54, 1.807) is 0 Å². The smallest absolute Gasteiger partial charge is 0.0992 e. The second kappa shape index (κ2) is 11.8. The SMILES string of the molecule is N#Cc1cc(-c2cccc(-n3c4ccccc4c4ccccc43)c2)cc(-n2c3ccccc3c3ccc(-n4c5ccccc5c5cc(C#N)ccc54)cc32)c1. The van der Waals surface area contributed by atoms with Crippen LogP contribution in [0.3, 0.4) is 0 Å². The van der Waals surface area contributed by atoms with Gasteiger partial charge in [-0.05, 0) is 96.1 Å². The second-order valence-electron chi connectivity index (χ2n) is 14.1. The van der Waals surface area contributed by atoms with Crippen LogP contribution < -0.4 is 0 Å². The number of benzene rings is 8. The topological polar surface area (TPSA) is 62.4 Å². The van der Waals surface area contributed by atoms with Crippen molar-refractivity contribution in [2.75, 3.05) is 0 Å². The lowest BCUT2D eigenvalue weighted by Crippen LogP contribution is -1.98. The van der Waals surface area contributed by atoms with Crippen molar-refractivity contribution in [2.24, 2.45) is 0 Å². The highest BCUT2D eigenvalue weighted by Crippen LogP contribution is 2.39. The van der Waals surface area contributed by atoms with Gasteiger partial charge >= 0.3 is 0 Å². The van der Waals surface area contributed by atoms with Gasteiger partial charge in [0.05, 0.1) is 56.4 Å². The van der Waals surface area contributed by atoms with Crippen LogP contribution in [0.15, 0.2) is 176 Å². The molecule has 0 N–H and O–H groups in total. The number of hydrogen-bond acceptors (Lipinski definition) is 2. The molecule has 5 nitrogen and oxygen atoms in total. The van der Waals surface area contributed by atoms with Gasteiger partial charge in [0, 0.05) is 49.4 Å². The van der Waals surface area contributed by atoms with E-state index in [-0.39, 0.29) is 0 Å². The molecule has 0 spiro atoms. The number of hydrogen-bond donors (Lipinski definition) is 0. The molecule has 0 atom stereocenters. The average molecular weight is 700 g/mol. The number of nitrogens with zero attached hydrogens (tertiary/aromatic N) is 5. The molecule has 0 saturated carbocycles. The summed E-state index contributed by atoms with van der Waals surface area (Å²) in [6.45, 7) is 0. The maximum atomic E-state index is 10.4. The highest BCUT2D eigenvalue weighted by molar-refractivity contribution is 6.12. The molecule has 11 rings (SSSR count). The highest BCUT2D eigenvalue weighted by Gasteiger charge is 2.18. The van der Waals surface area contributed by atoms with E-state index in [1.807, 2.05) is 36.4 Å². The standard InChI is InChI=1S/C50H29N5/c51-30-32-20-23-49-44(26-32)42-15-4-8-19-48(42)54(49)37-21-22-43-41-14-3-7-18-47(41)55(50(43)29-37)38-25-33(31-52)24-35(28-38)34-10-9-11-36(27-34)53-45-16-5-1-12-39(45)40-13-2-6-17-46(40)53/h1-29H. The van der Waals surface area contributed by atoms with Gasteiger partial charge in [-0.1, -0.05) is 91.0 Å². The fraction of sp³-hybridized carbons (Fsp3) is 0. The van der Waals surface area contributed by atoms with Gasteiger partial charge in [0.25, 0.3) is 0 Å². The molecular formula is C50H29N5. The van der Waals surface area contributed by atoms with E-state index in [9.17, 15) is 10.5 Å². The first-order chi connectivity index (χ1) is 27.2. The summed E-state index contributed by atoms with van der Waals surface area (Å²) < 4.78 is 6.90. The Morgan fingerprint density at radius 2 is 0.782 bits per heavy atom. The van der Waals surface area contributed by atoms with E-state index in [1.165, 1.54) is 10.8 Å². The summed E-state index contributed by atoms with van der Waals surface area (Å²) in [7, 11) is 0. The molecule has 254 valence electrons. The van der Waals surface area contributed by atoms with Crippen LogP contribution in [0.5, 0.6) is 0 Å². The lowest BCUT2D eigenvalue weighted by atomic mass is 10.0. The van der Waals surface area contributed by atoms with Gasteiger partial charge < -0.3 is 13.7 Å². The van der Waals surface area contributed by atoms with Crippen LogP contribution in [0.25, 0.3) is 93.6 Å². The average Bonchev–Trinajstić information content (AvgIpc) is 3.88. The predicted molar refractivity (Wildman–Crippen MR) is 224 cm³/mol. The first-order valence-corrected chi connectivity index (χ1v) is 18.3. The summed E-state index contributed by atoms with van der Waals surface area (Å²) in [6.07, 6.45) is 0. The summed E-state index contributed by atoms with van der Waals surface area (Å²) in [4.78, 5) is 0. The third-order valence-electron chi connectivity index (χ3n) is 11.0. The number of aromatic nitrogens is 3. The van der Waals surface area contributed by atoms with Crippen molar-refractivity contribution in [2.45, 2.75) is 0 Å². The van der Waals surface area contributed by atoms with Gasteiger partial charge in [-0.3, -0.25) is 0 Å². The van der Waals surface area contributed by atoms with E-state index in [4.69, 9.17) is 0 Å². The molecule has 8 aromatic carbocycles. The Morgan fingerprint density at radius 1 is 0.291 bits per heavy atom. The van der Waals surface area contributed by atoms with Crippen LogP contribution in [-0.4, -0.2) is 13.7 Å². The van der Waals surface area contributed by atoms with Gasteiger partial charge in [-0.15, -0.1) is 0 Å². The summed E-state index contributed by atoms with van der Waals surface area (Å²) in [5, 5.41) is 27.0. The van der Waals surface area contributed by atoms with E-state index >= 15 is 0 Å². The predicted octanol–water partition coefficient (Wildman–Crippen LogP) is 12.4. The Kier molecular flexibility index (Phi) is 6.61. The normalized spacial score (nSPS) is 11.6. The van der Waals surface area contributed by atoms with Crippen molar-refractivity contribution in [1.29, 1.82) is 10.5 Å². The van der Waals surface area contributed by atoms with Crippen LogP contribution in [0.4, 0.5) is 0 Å². The van der Waals surface area contributed by atoms with Crippen molar-refractivity contribution < 1.29 is 0 Å². The number of fused-ring (bicyclic) bond motifs is 9. The van der Waals surface area contributed by atoms with E-state index in [0.29, 0.717) is 11.1 Å². The van der Waals surface area contributed by atoms with Crippen LogP contribution in [0, 0.1) is 22.7 Å². The lowest BCUT2D eigenvalue weighted by Gasteiger charge is -2.14. The molecule has 0 aliphatic rings. The first-order valence-electron chi connectivity index (χ1n) is 18.3. The summed E-state index contributed by atoms with van der Waals surface area (Å²) in [6, 6.07) is 66.0. The molecule has 5 heteroatoms. The van der Waals surface area contributed by atoms with Crippen LogP contribution in [0.1, 0.15) is 11.1 Å². The Morgan fingerprint density at radius 3 is 1.38 bits per heavy atom. The summed E-state index contributed by atoms with van der Waals surface area (Å²) in [5.74, 6) is 0. The molecule has 0 radical (unpaired) electrons. The summed E-state index contributed by atoms with van der Waals surface area (Å²) >= 11 is 0. The van der Waals surface area contributed by atoms with Crippen molar-refractivity contribution in [3.63, 3.8) is 0 Å². The van der Waals surface area contributed by atoms with Crippen molar-refractivity contribution in [3.05, 3.63) is 187 Å². The largest absolute Gasteiger partial charge is 0.309 e. The molecule has 0 fully saturated rings. The Labute approximate surface area is 316 Å². The van der Waals surface area contributed by atoms with E-state index in [0.717, 1.165) is 82.8 Å². The maximum Gasteiger partial charge on any atom is 0.0992 e. The molecule has 0 amide bonds. The molecule has 0 aliphatic heterocycles. The van der Waals surface area contributed by atoms with Crippen molar-refractivity contribution in [3.8, 4) is 40.3 Å². The Bertz CT molecular complexity index is 3420. The molecule has 3 aromatic heterocycles.